The van der Waals surface area contributed by atoms with Crippen molar-refractivity contribution in [3.63, 3.8) is 0 Å². The van der Waals surface area contributed by atoms with Gasteiger partial charge in [0.15, 0.2) is 0 Å². The van der Waals surface area contributed by atoms with Gasteiger partial charge in [0.2, 0.25) is 0 Å². The van der Waals surface area contributed by atoms with Crippen molar-refractivity contribution in [1.82, 2.24) is 5.32 Å². The first-order chi connectivity index (χ1) is 5.45. The van der Waals surface area contributed by atoms with E-state index in [-0.39, 0.29) is 0 Å². The van der Waals surface area contributed by atoms with Gasteiger partial charge >= 0.3 is 0 Å². The Morgan fingerprint density at radius 2 is 2.18 bits per heavy atom. The molecular weight excluding hydrogens is 138 g/mol. The lowest BCUT2D eigenvalue weighted by Crippen LogP contribution is -2.35. The minimum atomic E-state index is 0.518. The molecule has 2 rings (SSSR count). The number of hydrogen-bond acceptors (Lipinski definition) is 2. The molecule has 0 bridgehead atoms. The van der Waals surface area contributed by atoms with Crippen LogP contribution >= 0.6 is 0 Å². The molecule has 0 unspecified atom stereocenters. The van der Waals surface area contributed by atoms with Crippen LogP contribution in [-0.4, -0.2) is 25.8 Å². The number of hydrogen-bond donors (Lipinski definition) is 1. The monoisotopic (exact) mass is 155 g/mol. The Kier molecular flexibility index (Phi) is 2.44. The second-order valence-corrected chi connectivity index (χ2v) is 3.75. The predicted molar refractivity (Wildman–Crippen MR) is 44.6 cm³/mol. The van der Waals surface area contributed by atoms with Gasteiger partial charge in [0.05, 0.1) is 6.10 Å². The molecule has 0 amide bonds. The summed E-state index contributed by atoms with van der Waals surface area (Å²) in [6.45, 7) is 3.28. The zero-order chi connectivity index (χ0) is 7.52. The molecule has 2 nitrogen and oxygen atoms in total. The molecule has 1 atom stereocenters. The van der Waals surface area contributed by atoms with Crippen molar-refractivity contribution in [3.05, 3.63) is 0 Å². The van der Waals surface area contributed by atoms with Crippen molar-refractivity contribution < 1.29 is 4.74 Å². The lowest BCUT2D eigenvalue weighted by Gasteiger charge is -2.22. The molecule has 64 valence electrons. The van der Waals surface area contributed by atoms with Crippen LogP contribution in [-0.2, 0) is 4.74 Å². The molecule has 1 N–H and O–H groups in total. The van der Waals surface area contributed by atoms with E-state index in [1.165, 1.54) is 32.2 Å². The van der Waals surface area contributed by atoms with Crippen molar-refractivity contribution in [1.29, 1.82) is 0 Å². The van der Waals surface area contributed by atoms with Crippen molar-refractivity contribution in [2.24, 2.45) is 5.92 Å². The fraction of sp³-hybridized carbons (Fsp3) is 1.00. The molecule has 1 aliphatic carbocycles. The van der Waals surface area contributed by atoms with Gasteiger partial charge in [-0.2, -0.15) is 0 Å². The molecule has 0 aromatic carbocycles. The van der Waals surface area contributed by atoms with Gasteiger partial charge < -0.3 is 10.1 Å². The van der Waals surface area contributed by atoms with E-state index in [0.717, 1.165) is 19.1 Å². The summed E-state index contributed by atoms with van der Waals surface area (Å²) in [5.41, 5.74) is 0. The summed E-state index contributed by atoms with van der Waals surface area (Å²) >= 11 is 0. The lowest BCUT2D eigenvalue weighted by atomic mass is 10.1. The number of nitrogens with one attached hydrogen (secondary N) is 1. The fourth-order valence-corrected chi connectivity index (χ4v) is 1.52. The van der Waals surface area contributed by atoms with Crippen LogP contribution in [0, 0.1) is 5.92 Å². The summed E-state index contributed by atoms with van der Waals surface area (Å²) in [4.78, 5) is 0. The molecule has 1 heterocycles. The molecule has 11 heavy (non-hydrogen) atoms. The first-order valence-corrected chi connectivity index (χ1v) is 4.77. The minimum absolute atomic E-state index is 0.518. The van der Waals surface area contributed by atoms with Crippen LogP contribution in [0.1, 0.15) is 25.7 Å². The average molecular weight is 155 g/mol. The standard InChI is InChI=1S/C9H17NO/c1-2-9(6-10-5-1)11-7-8-3-4-8/h8-10H,1-7H2/t9-/m1/s1. The first kappa shape index (κ1) is 7.56. The Bertz CT molecular complexity index is 117. The maximum absolute atomic E-state index is 5.74. The van der Waals surface area contributed by atoms with E-state index >= 15 is 0 Å². The van der Waals surface area contributed by atoms with Crippen molar-refractivity contribution in [3.8, 4) is 0 Å². The van der Waals surface area contributed by atoms with Gasteiger partial charge in [-0.05, 0) is 38.1 Å². The second kappa shape index (κ2) is 3.55. The number of rotatable bonds is 3. The van der Waals surface area contributed by atoms with Gasteiger partial charge in [-0.3, -0.25) is 0 Å². The summed E-state index contributed by atoms with van der Waals surface area (Å²) in [5.74, 6) is 0.914. The highest BCUT2D eigenvalue weighted by Gasteiger charge is 2.23. The first-order valence-electron chi connectivity index (χ1n) is 4.77. The van der Waals surface area contributed by atoms with E-state index in [1.54, 1.807) is 0 Å². The zero-order valence-corrected chi connectivity index (χ0v) is 7.01. The van der Waals surface area contributed by atoms with Gasteiger partial charge in [-0.15, -0.1) is 0 Å². The highest BCUT2D eigenvalue weighted by molar-refractivity contribution is 4.75. The number of piperidine rings is 1. The normalized spacial score (nSPS) is 32.2. The summed E-state index contributed by atoms with van der Waals surface area (Å²) in [6, 6.07) is 0. The average Bonchev–Trinajstić information content (AvgIpc) is 2.86. The third-order valence-electron chi connectivity index (χ3n) is 2.52. The Morgan fingerprint density at radius 3 is 2.82 bits per heavy atom. The third kappa shape index (κ3) is 2.46. The van der Waals surface area contributed by atoms with Crippen LogP contribution < -0.4 is 5.32 Å². The Balaban J connectivity index is 1.59. The number of ether oxygens (including phenoxy) is 1. The van der Waals surface area contributed by atoms with E-state index in [9.17, 15) is 0 Å². The molecule has 0 spiro atoms. The van der Waals surface area contributed by atoms with Gasteiger partial charge in [0.1, 0.15) is 0 Å². The van der Waals surface area contributed by atoms with Crippen LogP contribution in [0.5, 0.6) is 0 Å². The molecule has 1 aliphatic heterocycles. The van der Waals surface area contributed by atoms with E-state index < -0.39 is 0 Å². The smallest absolute Gasteiger partial charge is 0.0700 e. The molecule has 2 fully saturated rings. The highest BCUT2D eigenvalue weighted by atomic mass is 16.5. The molecule has 2 heteroatoms. The van der Waals surface area contributed by atoms with Crippen molar-refractivity contribution in [2.75, 3.05) is 19.7 Å². The molecule has 0 radical (unpaired) electrons. The van der Waals surface area contributed by atoms with Crippen molar-refractivity contribution >= 4 is 0 Å². The largest absolute Gasteiger partial charge is 0.377 e. The predicted octanol–water partition coefficient (Wildman–Crippen LogP) is 1.16. The van der Waals surface area contributed by atoms with Gasteiger partial charge in [0.25, 0.3) is 0 Å². The highest BCUT2D eigenvalue weighted by Crippen LogP contribution is 2.29. The summed E-state index contributed by atoms with van der Waals surface area (Å²) < 4.78 is 5.74. The zero-order valence-electron chi connectivity index (χ0n) is 7.01. The van der Waals surface area contributed by atoms with Gasteiger partial charge in [0, 0.05) is 13.2 Å². The van der Waals surface area contributed by atoms with E-state index in [0.29, 0.717) is 6.10 Å². The van der Waals surface area contributed by atoms with Crippen LogP contribution in [0.2, 0.25) is 0 Å². The summed E-state index contributed by atoms with van der Waals surface area (Å²) in [7, 11) is 0. The Hall–Kier alpha value is -0.0800. The topological polar surface area (TPSA) is 21.3 Å². The van der Waals surface area contributed by atoms with Crippen LogP contribution in [0.25, 0.3) is 0 Å². The molecular formula is C9H17NO. The molecule has 2 aliphatic rings. The van der Waals surface area contributed by atoms with Crippen LogP contribution in [0.3, 0.4) is 0 Å². The SMILES string of the molecule is C1CNC[C@H](OCC2CC2)C1. The molecule has 0 aromatic heterocycles. The summed E-state index contributed by atoms with van der Waals surface area (Å²) in [6.07, 6.45) is 5.87. The van der Waals surface area contributed by atoms with E-state index in [4.69, 9.17) is 4.74 Å². The lowest BCUT2D eigenvalue weighted by molar-refractivity contribution is 0.0306. The maximum atomic E-state index is 5.74. The molecule has 1 saturated heterocycles. The Labute approximate surface area is 68.3 Å². The van der Waals surface area contributed by atoms with E-state index in [1.807, 2.05) is 0 Å². The van der Waals surface area contributed by atoms with Crippen molar-refractivity contribution in [2.45, 2.75) is 31.8 Å². The Morgan fingerprint density at radius 1 is 1.27 bits per heavy atom. The summed E-state index contributed by atoms with van der Waals surface area (Å²) in [5, 5.41) is 3.35. The fourth-order valence-electron chi connectivity index (χ4n) is 1.52. The van der Waals surface area contributed by atoms with E-state index in [2.05, 4.69) is 5.32 Å². The van der Waals surface area contributed by atoms with Gasteiger partial charge in [-0.1, -0.05) is 0 Å². The minimum Gasteiger partial charge on any atom is -0.377 e. The van der Waals surface area contributed by atoms with Crippen LogP contribution in [0.4, 0.5) is 0 Å². The van der Waals surface area contributed by atoms with Gasteiger partial charge in [-0.25, -0.2) is 0 Å². The maximum Gasteiger partial charge on any atom is 0.0700 e. The molecule has 1 saturated carbocycles. The van der Waals surface area contributed by atoms with Crippen LogP contribution in [0.15, 0.2) is 0 Å². The second-order valence-electron chi connectivity index (χ2n) is 3.75. The quantitative estimate of drug-likeness (QED) is 0.660. The third-order valence-corrected chi connectivity index (χ3v) is 2.52. The molecule has 0 aromatic rings.